The monoisotopic (exact) mass is 284 g/mol. The van der Waals surface area contributed by atoms with Crippen molar-refractivity contribution in [2.75, 3.05) is 20.3 Å². The van der Waals surface area contributed by atoms with Crippen molar-refractivity contribution in [3.63, 3.8) is 0 Å². The zero-order valence-corrected chi connectivity index (χ0v) is 11.6. The first-order valence-electron chi connectivity index (χ1n) is 6.20. The third-order valence-corrected chi connectivity index (χ3v) is 2.87. The minimum Gasteiger partial charge on any atom is -0.493 e. The first-order chi connectivity index (χ1) is 9.45. The van der Waals surface area contributed by atoms with Gasteiger partial charge in [-0.2, -0.15) is 0 Å². The number of hydrogen-bond donors (Lipinski definition) is 4. The molecule has 0 saturated heterocycles. The van der Waals surface area contributed by atoms with Crippen LogP contribution in [0.3, 0.4) is 0 Å². The number of allylic oxidation sites excluding steroid dienone is 2. The van der Waals surface area contributed by atoms with Crippen LogP contribution in [0.4, 0.5) is 0 Å². The highest BCUT2D eigenvalue weighted by molar-refractivity contribution is 6.01. The largest absolute Gasteiger partial charge is 0.493 e. The van der Waals surface area contributed by atoms with Crippen LogP contribution in [0.15, 0.2) is 28.7 Å². The highest BCUT2D eigenvalue weighted by Crippen LogP contribution is 2.30. The van der Waals surface area contributed by atoms with Crippen LogP contribution in [0.25, 0.3) is 0 Å². The van der Waals surface area contributed by atoms with E-state index in [1.807, 2.05) is 0 Å². The molecule has 0 heterocycles. The van der Waals surface area contributed by atoms with E-state index in [1.54, 1.807) is 19.2 Å². The number of carboxylic acids is 1. The Balaban J connectivity index is 3.14. The summed E-state index contributed by atoms with van der Waals surface area (Å²) in [5, 5.41) is 31.0. The van der Waals surface area contributed by atoms with Crippen molar-refractivity contribution in [3.8, 4) is 0 Å². The van der Waals surface area contributed by atoms with Gasteiger partial charge in [-0.15, -0.1) is 0 Å². The molecule has 0 radical (unpaired) electrons. The van der Waals surface area contributed by atoms with Crippen molar-refractivity contribution in [2.45, 2.75) is 25.4 Å². The molecule has 20 heavy (non-hydrogen) atoms. The number of methoxy groups -OCH3 is 1. The Morgan fingerprint density at radius 3 is 2.75 bits per heavy atom. The van der Waals surface area contributed by atoms with Crippen LogP contribution in [0, 0.1) is 0 Å². The van der Waals surface area contributed by atoms with E-state index in [-0.39, 0.29) is 19.4 Å². The number of carboxylic acid groups (broad SMARTS) is 1. The molecule has 1 unspecified atom stereocenters. The fourth-order valence-corrected chi connectivity index (χ4v) is 1.98. The number of aliphatic imine (C=N–C) groups is 1. The van der Waals surface area contributed by atoms with Gasteiger partial charge in [0.2, 0.25) is 0 Å². The molecule has 0 amide bonds. The summed E-state index contributed by atoms with van der Waals surface area (Å²) >= 11 is 0. The number of rotatable bonds is 6. The molecule has 1 rings (SSSR count). The summed E-state index contributed by atoms with van der Waals surface area (Å²) in [6, 6.07) is 0. The van der Waals surface area contributed by atoms with E-state index in [0.29, 0.717) is 17.2 Å². The molecule has 0 spiro atoms. The first kappa shape index (κ1) is 16.2. The van der Waals surface area contributed by atoms with Gasteiger partial charge in [0.05, 0.1) is 30.7 Å². The van der Waals surface area contributed by atoms with Crippen LogP contribution in [0.2, 0.25) is 0 Å². The second kappa shape index (κ2) is 7.06. The summed E-state index contributed by atoms with van der Waals surface area (Å²) < 4.78 is 5.25. The van der Waals surface area contributed by atoms with E-state index in [0.717, 1.165) is 0 Å². The molecule has 0 aliphatic heterocycles. The van der Waals surface area contributed by atoms with Crippen molar-refractivity contribution in [3.05, 3.63) is 23.7 Å². The van der Waals surface area contributed by atoms with Gasteiger partial charge in [0.1, 0.15) is 6.54 Å². The SMILES string of the molecule is C/C=C\N=C1/CC(O)(CO)CC(NCC(=O)O)=C1OC. The summed E-state index contributed by atoms with van der Waals surface area (Å²) in [7, 11) is 1.45. The van der Waals surface area contributed by atoms with Gasteiger partial charge in [0, 0.05) is 19.0 Å². The van der Waals surface area contributed by atoms with E-state index in [4.69, 9.17) is 9.84 Å². The fraction of sp³-hybridized carbons (Fsp3) is 0.538. The van der Waals surface area contributed by atoms with Crippen LogP contribution in [0.5, 0.6) is 0 Å². The number of aliphatic hydroxyl groups excluding tert-OH is 1. The van der Waals surface area contributed by atoms with Gasteiger partial charge in [-0.3, -0.25) is 9.79 Å². The summed E-state index contributed by atoms with van der Waals surface area (Å²) in [4.78, 5) is 14.8. The summed E-state index contributed by atoms with van der Waals surface area (Å²) in [6.07, 6.45) is 3.48. The van der Waals surface area contributed by atoms with Crippen LogP contribution < -0.4 is 5.32 Å². The Bertz CT molecular complexity index is 456. The average molecular weight is 284 g/mol. The van der Waals surface area contributed by atoms with Gasteiger partial charge in [-0.25, -0.2) is 0 Å². The van der Waals surface area contributed by atoms with Crippen molar-refractivity contribution in [2.24, 2.45) is 4.99 Å². The molecule has 0 aromatic heterocycles. The fourth-order valence-electron chi connectivity index (χ4n) is 1.98. The number of carbonyl (C=O) groups is 1. The van der Waals surface area contributed by atoms with Gasteiger partial charge in [0.15, 0.2) is 5.76 Å². The van der Waals surface area contributed by atoms with E-state index >= 15 is 0 Å². The first-order valence-corrected chi connectivity index (χ1v) is 6.20. The molecule has 0 saturated carbocycles. The van der Waals surface area contributed by atoms with Crippen LogP contribution in [-0.2, 0) is 9.53 Å². The predicted molar refractivity (Wildman–Crippen MR) is 73.2 cm³/mol. The third kappa shape index (κ3) is 4.07. The number of hydrogen-bond acceptors (Lipinski definition) is 6. The number of aliphatic hydroxyl groups is 2. The highest BCUT2D eigenvalue weighted by Gasteiger charge is 2.37. The Labute approximate surface area is 117 Å². The van der Waals surface area contributed by atoms with Crippen molar-refractivity contribution < 1.29 is 24.9 Å². The van der Waals surface area contributed by atoms with Gasteiger partial charge >= 0.3 is 5.97 Å². The van der Waals surface area contributed by atoms with Gasteiger partial charge < -0.3 is 25.4 Å². The van der Waals surface area contributed by atoms with Crippen molar-refractivity contribution in [1.29, 1.82) is 0 Å². The summed E-state index contributed by atoms with van der Waals surface area (Å²) in [5.41, 5.74) is -0.495. The Kier molecular flexibility index (Phi) is 5.72. The van der Waals surface area contributed by atoms with E-state index in [9.17, 15) is 15.0 Å². The van der Waals surface area contributed by atoms with Crippen LogP contribution >= 0.6 is 0 Å². The maximum atomic E-state index is 10.6. The smallest absolute Gasteiger partial charge is 0.322 e. The standard InChI is InChI=1S/C13H20N2O5/c1-3-4-14-9-5-13(19,8-16)6-10(12(9)20-2)15-7-11(17)18/h3-4,15-16,19H,5-8H2,1-2H3,(H,17,18)/b4-3-,14-9+. The number of nitrogens with zero attached hydrogens (tertiary/aromatic N) is 1. The average Bonchev–Trinajstić information content (AvgIpc) is 2.42. The zero-order valence-electron chi connectivity index (χ0n) is 11.6. The Hall–Kier alpha value is -1.86. The van der Waals surface area contributed by atoms with E-state index in [1.165, 1.54) is 7.11 Å². The lowest BCUT2D eigenvalue weighted by Crippen LogP contribution is -2.43. The third-order valence-electron chi connectivity index (χ3n) is 2.87. The Morgan fingerprint density at radius 2 is 2.25 bits per heavy atom. The molecule has 0 aromatic carbocycles. The Morgan fingerprint density at radius 1 is 1.55 bits per heavy atom. The number of aliphatic carboxylic acids is 1. The molecule has 0 aromatic rings. The molecule has 1 aliphatic rings. The molecule has 4 N–H and O–H groups in total. The van der Waals surface area contributed by atoms with Gasteiger partial charge in [-0.1, -0.05) is 6.08 Å². The molecule has 1 atom stereocenters. The highest BCUT2D eigenvalue weighted by atomic mass is 16.5. The molecular formula is C13H20N2O5. The van der Waals surface area contributed by atoms with Gasteiger partial charge in [-0.05, 0) is 6.92 Å². The molecule has 0 bridgehead atoms. The van der Waals surface area contributed by atoms with Gasteiger partial charge in [0.25, 0.3) is 0 Å². The van der Waals surface area contributed by atoms with E-state index < -0.39 is 18.2 Å². The van der Waals surface area contributed by atoms with Crippen LogP contribution in [-0.4, -0.2) is 52.9 Å². The molecule has 112 valence electrons. The van der Waals surface area contributed by atoms with Crippen molar-refractivity contribution in [1.82, 2.24) is 5.32 Å². The predicted octanol–water partition coefficient (Wildman–Crippen LogP) is 0.0104. The van der Waals surface area contributed by atoms with Crippen molar-refractivity contribution >= 4 is 11.7 Å². The second-order valence-corrected chi connectivity index (χ2v) is 4.55. The summed E-state index contributed by atoms with van der Waals surface area (Å²) in [6.45, 7) is 1.04. The second-order valence-electron chi connectivity index (χ2n) is 4.55. The topological polar surface area (TPSA) is 111 Å². The molecule has 0 fully saturated rings. The number of nitrogens with one attached hydrogen (secondary N) is 1. The lowest BCUT2D eigenvalue weighted by Gasteiger charge is -2.33. The molecule has 1 aliphatic carbocycles. The quantitative estimate of drug-likeness (QED) is 0.547. The number of ether oxygens (including phenoxy) is 1. The lowest BCUT2D eigenvalue weighted by atomic mass is 9.85. The minimum absolute atomic E-state index is 0.0782. The normalized spacial score (nSPS) is 25.3. The van der Waals surface area contributed by atoms with Crippen LogP contribution in [0.1, 0.15) is 19.8 Å². The maximum Gasteiger partial charge on any atom is 0.322 e. The molecule has 7 nitrogen and oxygen atoms in total. The molecular weight excluding hydrogens is 264 g/mol. The zero-order chi connectivity index (χ0) is 15.2. The lowest BCUT2D eigenvalue weighted by molar-refractivity contribution is -0.135. The molecule has 7 heteroatoms. The maximum absolute atomic E-state index is 10.6. The van der Waals surface area contributed by atoms with E-state index in [2.05, 4.69) is 10.3 Å². The minimum atomic E-state index is -1.37. The summed E-state index contributed by atoms with van der Waals surface area (Å²) in [5.74, 6) is -0.625.